The van der Waals surface area contributed by atoms with Crippen LogP contribution in [0.25, 0.3) is 0 Å². The molecule has 172 valence electrons. The largest absolute Gasteiger partial charge is 0.343 e. The lowest BCUT2D eigenvalue weighted by Crippen LogP contribution is -2.57. The van der Waals surface area contributed by atoms with Crippen LogP contribution in [0.4, 0.5) is 4.79 Å². The van der Waals surface area contributed by atoms with Gasteiger partial charge >= 0.3 is 6.03 Å². The van der Waals surface area contributed by atoms with Crippen molar-refractivity contribution < 1.29 is 19.2 Å². The van der Waals surface area contributed by atoms with Gasteiger partial charge in [-0.2, -0.15) is 0 Å². The monoisotopic (exact) mass is 440 g/mol. The summed E-state index contributed by atoms with van der Waals surface area (Å²) in [7, 11) is 0. The summed E-state index contributed by atoms with van der Waals surface area (Å²) < 4.78 is 0. The van der Waals surface area contributed by atoms with Crippen LogP contribution >= 0.6 is 0 Å². The molecule has 3 fully saturated rings. The van der Waals surface area contributed by atoms with Gasteiger partial charge in [-0.25, -0.2) is 4.79 Å². The predicted molar refractivity (Wildman–Crippen MR) is 119 cm³/mol. The molecule has 2 atom stereocenters. The van der Waals surface area contributed by atoms with Crippen molar-refractivity contribution in [2.75, 3.05) is 26.2 Å². The first-order valence-corrected chi connectivity index (χ1v) is 11.6. The summed E-state index contributed by atoms with van der Waals surface area (Å²) in [5.41, 5.74) is 0.0348. The zero-order chi connectivity index (χ0) is 22.9. The van der Waals surface area contributed by atoms with Crippen molar-refractivity contribution in [3.63, 3.8) is 0 Å². The van der Waals surface area contributed by atoms with Gasteiger partial charge in [-0.05, 0) is 38.2 Å². The molecule has 4 rings (SSSR count). The van der Waals surface area contributed by atoms with E-state index in [0.717, 1.165) is 12.0 Å². The average Bonchev–Trinajstić information content (AvgIpc) is 3.07. The first-order chi connectivity index (χ1) is 15.4. The zero-order valence-electron chi connectivity index (χ0n) is 18.9. The van der Waals surface area contributed by atoms with Crippen molar-refractivity contribution in [1.82, 2.24) is 20.0 Å². The van der Waals surface area contributed by atoms with Gasteiger partial charge in [-0.3, -0.25) is 19.3 Å². The second-order valence-corrected chi connectivity index (χ2v) is 9.13. The number of imide groups is 1. The highest BCUT2D eigenvalue weighted by molar-refractivity contribution is 6.07. The SMILES string of the molecule is CCC(=O)N1CCC2(CC1)NC(=O)N([C@H]1CCCN(C(=O)[C@H](C)c3ccccc3)C1)C2=O. The standard InChI is InChI=1S/C24H32N4O4/c1-3-20(29)26-14-11-24(12-15-26)22(31)28(23(32)25-24)19-10-7-13-27(16-19)21(30)17(2)18-8-5-4-6-9-18/h4-6,8-9,17,19H,3,7,10-16H2,1-2H3,(H,25,32)/t17-,19+/m1/s1. The topological polar surface area (TPSA) is 90.0 Å². The number of carbonyl (C=O) groups excluding carboxylic acids is 4. The predicted octanol–water partition coefficient (Wildman–Crippen LogP) is 2.10. The van der Waals surface area contributed by atoms with Crippen LogP contribution in [0, 0.1) is 0 Å². The Morgan fingerprint density at radius 2 is 1.78 bits per heavy atom. The van der Waals surface area contributed by atoms with E-state index in [0.29, 0.717) is 51.9 Å². The summed E-state index contributed by atoms with van der Waals surface area (Å²) in [6, 6.07) is 8.96. The zero-order valence-corrected chi connectivity index (χ0v) is 18.9. The Hall–Kier alpha value is -2.90. The molecule has 1 N–H and O–H groups in total. The maximum absolute atomic E-state index is 13.4. The van der Waals surface area contributed by atoms with Crippen LogP contribution in [0.15, 0.2) is 30.3 Å². The molecule has 0 aromatic heterocycles. The number of amides is 5. The van der Waals surface area contributed by atoms with E-state index in [1.807, 2.05) is 44.2 Å². The minimum Gasteiger partial charge on any atom is -0.343 e. The Balaban J connectivity index is 1.43. The number of nitrogens with one attached hydrogen (secondary N) is 1. The average molecular weight is 441 g/mol. The van der Waals surface area contributed by atoms with Crippen LogP contribution in [-0.2, 0) is 14.4 Å². The number of hydrogen-bond acceptors (Lipinski definition) is 4. The molecule has 0 bridgehead atoms. The number of hydrogen-bond donors (Lipinski definition) is 1. The molecular weight excluding hydrogens is 408 g/mol. The Bertz CT molecular complexity index is 895. The van der Waals surface area contributed by atoms with Gasteiger partial charge in [0, 0.05) is 32.6 Å². The van der Waals surface area contributed by atoms with Crippen molar-refractivity contribution in [2.24, 2.45) is 0 Å². The number of benzene rings is 1. The van der Waals surface area contributed by atoms with E-state index in [9.17, 15) is 19.2 Å². The molecule has 0 radical (unpaired) electrons. The van der Waals surface area contributed by atoms with Crippen LogP contribution in [0.2, 0.25) is 0 Å². The van der Waals surface area contributed by atoms with E-state index in [1.165, 1.54) is 4.90 Å². The molecule has 1 aromatic rings. The first-order valence-electron chi connectivity index (χ1n) is 11.6. The normalized spacial score (nSPS) is 23.9. The molecule has 0 aliphatic carbocycles. The summed E-state index contributed by atoms with van der Waals surface area (Å²) in [5.74, 6) is -0.386. The molecule has 32 heavy (non-hydrogen) atoms. The van der Waals surface area contributed by atoms with Crippen LogP contribution in [0.5, 0.6) is 0 Å². The van der Waals surface area contributed by atoms with Gasteiger partial charge in [0.15, 0.2) is 0 Å². The first kappa shape index (κ1) is 22.3. The number of urea groups is 1. The van der Waals surface area contributed by atoms with Crippen molar-refractivity contribution in [2.45, 2.75) is 63.5 Å². The van der Waals surface area contributed by atoms with Gasteiger partial charge < -0.3 is 15.1 Å². The molecule has 1 aromatic carbocycles. The number of rotatable bonds is 4. The molecule has 3 aliphatic heterocycles. The van der Waals surface area contributed by atoms with E-state index in [1.54, 1.807) is 9.80 Å². The van der Waals surface area contributed by atoms with E-state index in [4.69, 9.17) is 0 Å². The van der Waals surface area contributed by atoms with E-state index in [-0.39, 0.29) is 35.7 Å². The third-order valence-electron chi connectivity index (χ3n) is 7.21. The van der Waals surface area contributed by atoms with Crippen molar-refractivity contribution in [3.8, 4) is 0 Å². The Morgan fingerprint density at radius 3 is 2.44 bits per heavy atom. The number of carbonyl (C=O) groups is 4. The van der Waals surface area contributed by atoms with Gasteiger partial charge in [0.1, 0.15) is 5.54 Å². The van der Waals surface area contributed by atoms with Gasteiger partial charge in [-0.1, -0.05) is 37.3 Å². The summed E-state index contributed by atoms with van der Waals surface area (Å²) in [5, 5.41) is 2.93. The number of piperidine rings is 2. The Morgan fingerprint density at radius 1 is 1.09 bits per heavy atom. The summed E-state index contributed by atoms with van der Waals surface area (Å²) in [4.78, 5) is 56.3. The highest BCUT2D eigenvalue weighted by Gasteiger charge is 2.54. The van der Waals surface area contributed by atoms with Crippen LogP contribution in [-0.4, -0.2) is 76.2 Å². The number of nitrogens with zero attached hydrogens (tertiary/aromatic N) is 3. The minimum atomic E-state index is -0.925. The summed E-state index contributed by atoms with van der Waals surface area (Å²) in [6.45, 7) is 5.66. The molecule has 0 unspecified atom stereocenters. The third kappa shape index (κ3) is 3.98. The molecule has 5 amide bonds. The summed E-state index contributed by atoms with van der Waals surface area (Å²) >= 11 is 0. The minimum absolute atomic E-state index is 0.0223. The van der Waals surface area contributed by atoms with Gasteiger partial charge in [-0.15, -0.1) is 0 Å². The van der Waals surface area contributed by atoms with Crippen molar-refractivity contribution >= 4 is 23.8 Å². The van der Waals surface area contributed by atoms with Gasteiger partial charge in [0.05, 0.1) is 12.0 Å². The molecular formula is C24H32N4O4. The maximum atomic E-state index is 13.4. The molecule has 1 spiro atoms. The van der Waals surface area contributed by atoms with Crippen LogP contribution in [0.1, 0.15) is 57.4 Å². The Labute approximate surface area is 188 Å². The second-order valence-electron chi connectivity index (χ2n) is 9.13. The molecule has 3 heterocycles. The lowest BCUT2D eigenvalue weighted by atomic mass is 9.87. The third-order valence-corrected chi connectivity index (χ3v) is 7.21. The molecule has 3 aliphatic rings. The molecule has 3 saturated heterocycles. The fraction of sp³-hybridized carbons (Fsp3) is 0.583. The van der Waals surface area contributed by atoms with Gasteiger partial charge in [0.2, 0.25) is 11.8 Å². The molecule has 8 heteroatoms. The Kier molecular flexibility index (Phi) is 6.22. The van der Waals surface area contributed by atoms with E-state index < -0.39 is 5.54 Å². The van der Waals surface area contributed by atoms with Crippen molar-refractivity contribution in [1.29, 1.82) is 0 Å². The lowest BCUT2D eigenvalue weighted by molar-refractivity contribution is -0.141. The molecule has 8 nitrogen and oxygen atoms in total. The fourth-order valence-corrected chi connectivity index (χ4v) is 5.20. The van der Waals surface area contributed by atoms with Gasteiger partial charge in [0.25, 0.3) is 5.91 Å². The maximum Gasteiger partial charge on any atom is 0.325 e. The quantitative estimate of drug-likeness (QED) is 0.726. The number of likely N-dealkylation sites (tertiary alicyclic amines) is 2. The van der Waals surface area contributed by atoms with E-state index >= 15 is 0 Å². The lowest BCUT2D eigenvalue weighted by Gasteiger charge is -2.39. The van der Waals surface area contributed by atoms with Crippen molar-refractivity contribution in [3.05, 3.63) is 35.9 Å². The smallest absolute Gasteiger partial charge is 0.325 e. The fourth-order valence-electron chi connectivity index (χ4n) is 5.20. The highest BCUT2D eigenvalue weighted by atomic mass is 16.2. The highest BCUT2D eigenvalue weighted by Crippen LogP contribution is 2.33. The van der Waals surface area contributed by atoms with Crippen LogP contribution in [0.3, 0.4) is 0 Å². The van der Waals surface area contributed by atoms with Crippen LogP contribution < -0.4 is 5.32 Å². The summed E-state index contributed by atoms with van der Waals surface area (Å²) in [6.07, 6.45) is 2.74. The van der Waals surface area contributed by atoms with E-state index in [2.05, 4.69) is 5.32 Å². The molecule has 0 saturated carbocycles. The second kappa shape index (κ2) is 8.92.